The molecule has 3 aromatic rings. The normalized spacial score (nSPS) is 11.2. The van der Waals surface area contributed by atoms with E-state index < -0.39 is 0 Å². The van der Waals surface area contributed by atoms with E-state index in [4.69, 9.17) is 0 Å². The molecule has 1 N–H and O–H groups in total. The van der Waals surface area contributed by atoms with E-state index in [-0.39, 0.29) is 11.3 Å². The van der Waals surface area contributed by atoms with E-state index in [1.165, 1.54) is 11.1 Å². The van der Waals surface area contributed by atoms with Crippen molar-refractivity contribution < 1.29 is 4.79 Å². The highest BCUT2D eigenvalue weighted by Crippen LogP contribution is 2.23. The Bertz CT molecular complexity index is 947. The number of nitrogens with one attached hydrogen (secondary N) is 1. The van der Waals surface area contributed by atoms with Crippen molar-refractivity contribution in [1.82, 2.24) is 9.97 Å². The minimum absolute atomic E-state index is 0.0759. The maximum Gasteiger partial charge on any atom is 0.274 e. The van der Waals surface area contributed by atoms with Gasteiger partial charge in [0.1, 0.15) is 5.69 Å². The van der Waals surface area contributed by atoms with Gasteiger partial charge in [0, 0.05) is 25.0 Å². The highest BCUT2D eigenvalue weighted by molar-refractivity contribution is 6.02. The molecule has 0 bridgehead atoms. The molecule has 1 amide bonds. The van der Waals surface area contributed by atoms with Crippen LogP contribution in [0.4, 0.5) is 11.6 Å². The molecule has 0 atom stereocenters. The molecule has 0 aliphatic heterocycles. The van der Waals surface area contributed by atoms with Crippen molar-refractivity contribution in [3.63, 3.8) is 0 Å². The number of carbonyl (C=O) groups excluding carboxylic acids is 1. The molecule has 0 unspecified atom stereocenters. The van der Waals surface area contributed by atoms with E-state index in [2.05, 4.69) is 55.1 Å². The van der Waals surface area contributed by atoms with Crippen molar-refractivity contribution in [3.8, 4) is 0 Å². The lowest BCUT2D eigenvalue weighted by Gasteiger charge is -2.21. The molecule has 0 saturated heterocycles. The van der Waals surface area contributed by atoms with Crippen LogP contribution < -0.4 is 10.2 Å². The molecular formula is C24H28N4O. The van der Waals surface area contributed by atoms with Crippen molar-refractivity contribution in [3.05, 3.63) is 83.7 Å². The van der Waals surface area contributed by atoms with E-state index in [9.17, 15) is 4.79 Å². The SMILES string of the molecule is CCN(Cc1ccccc1)c1nccc(C(=O)Nc2ccc(C(C)(C)C)cc2)n1. The van der Waals surface area contributed by atoms with Crippen LogP contribution in [0, 0.1) is 0 Å². The van der Waals surface area contributed by atoms with Gasteiger partial charge in [0.2, 0.25) is 5.95 Å². The first-order valence-corrected chi connectivity index (χ1v) is 9.90. The Hall–Kier alpha value is -3.21. The fourth-order valence-electron chi connectivity index (χ4n) is 3.00. The predicted molar refractivity (Wildman–Crippen MR) is 118 cm³/mol. The number of rotatable bonds is 6. The lowest BCUT2D eigenvalue weighted by Crippen LogP contribution is -2.25. The zero-order valence-electron chi connectivity index (χ0n) is 17.5. The second-order valence-corrected chi connectivity index (χ2v) is 8.02. The van der Waals surface area contributed by atoms with Crippen molar-refractivity contribution in [2.75, 3.05) is 16.8 Å². The lowest BCUT2D eigenvalue weighted by atomic mass is 9.87. The summed E-state index contributed by atoms with van der Waals surface area (Å²) in [7, 11) is 0. The average molecular weight is 389 g/mol. The van der Waals surface area contributed by atoms with Crippen molar-refractivity contribution in [2.45, 2.75) is 39.7 Å². The Kier molecular flexibility index (Phi) is 6.27. The van der Waals surface area contributed by atoms with Crippen LogP contribution in [0.5, 0.6) is 0 Å². The Morgan fingerprint density at radius 2 is 1.69 bits per heavy atom. The summed E-state index contributed by atoms with van der Waals surface area (Å²) in [6.45, 7) is 9.98. The molecule has 0 aliphatic rings. The van der Waals surface area contributed by atoms with Crippen molar-refractivity contribution in [1.29, 1.82) is 0 Å². The summed E-state index contributed by atoms with van der Waals surface area (Å²) < 4.78 is 0. The molecule has 0 aliphatic carbocycles. The first-order chi connectivity index (χ1) is 13.9. The molecule has 5 nitrogen and oxygen atoms in total. The summed E-state index contributed by atoms with van der Waals surface area (Å²) in [5.41, 5.74) is 3.57. The molecule has 0 fully saturated rings. The van der Waals surface area contributed by atoms with E-state index in [0.29, 0.717) is 18.2 Å². The van der Waals surface area contributed by atoms with Gasteiger partial charge in [-0.05, 0) is 41.7 Å². The van der Waals surface area contributed by atoms with Gasteiger partial charge >= 0.3 is 0 Å². The third-order valence-corrected chi connectivity index (χ3v) is 4.77. The van der Waals surface area contributed by atoms with Crippen LogP contribution in [0.15, 0.2) is 66.9 Å². The molecule has 0 radical (unpaired) electrons. The number of carbonyl (C=O) groups is 1. The topological polar surface area (TPSA) is 58.1 Å². The smallest absolute Gasteiger partial charge is 0.274 e. The predicted octanol–water partition coefficient (Wildman–Crippen LogP) is 5.05. The number of nitrogens with zero attached hydrogens (tertiary/aromatic N) is 3. The number of anilines is 2. The van der Waals surface area contributed by atoms with Crippen LogP contribution in [0.25, 0.3) is 0 Å². The minimum atomic E-state index is -0.243. The molecule has 29 heavy (non-hydrogen) atoms. The maximum absolute atomic E-state index is 12.7. The Morgan fingerprint density at radius 1 is 1.00 bits per heavy atom. The quantitative estimate of drug-likeness (QED) is 0.642. The summed E-state index contributed by atoms with van der Waals surface area (Å²) in [6.07, 6.45) is 1.63. The Labute approximate surface area is 172 Å². The first-order valence-electron chi connectivity index (χ1n) is 9.90. The number of aromatic nitrogens is 2. The third-order valence-electron chi connectivity index (χ3n) is 4.77. The summed E-state index contributed by atoms with van der Waals surface area (Å²) in [4.78, 5) is 23.6. The van der Waals surface area contributed by atoms with E-state index in [1.807, 2.05) is 47.4 Å². The molecule has 1 heterocycles. The Balaban J connectivity index is 1.73. The van der Waals surface area contributed by atoms with E-state index in [1.54, 1.807) is 12.3 Å². The van der Waals surface area contributed by atoms with Gasteiger partial charge in [-0.15, -0.1) is 0 Å². The monoisotopic (exact) mass is 388 g/mol. The van der Waals surface area contributed by atoms with Gasteiger partial charge in [-0.1, -0.05) is 63.2 Å². The fraction of sp³-hybridized carbons (Fsp3) is 0.292. The van der Waals surface area contributed by atoms with Gasteiger partial charge in [0.15, 0.2) is 0 Å². The first kappa shape index (κ1) is 20.5. The molecule has 5 heteroatoms. The van der Waals surface area contributed by atoms with Crippen molar-refractivity contribution in [2.24, 2.45) is 0 Å². The van der Waals surface area contributed by atoms with E-state index in [0.717, 1.165) is 12.2 Å². The summed E-state index contributed by atoms with van der Waals surface area (Å²) >= 11 is 0. The van der Waals surface area contributed by atoms with Gasteiger partial charge in [-0.3, -0.25) is 4.79 Å². The third kappa shape index (κ3) is 5.41. The van der Waals surface area contributed by atoms with Crippen LogP contribution in [0.3, 0.4) is 0 Å². The van der Waals surface area contributed by atoms with E-state index >= 15 is 0 Å². The second kappa shape index (κ2) is 8.86. The molecule has 0 spiro atoms. The standard InChI is InChI=1S/C24H28N4O/c1-5-28(17-18-9-7-6-8-10-18)23-25-16-15-21(27-23)22(29)26-20-13-11-19(12-14-20)24(2,3)4/h6-16H,5,17H2,1-4H3,(H,26,29). The van der Waals surface area contributed by atoms with Gasteiger partial charge in [0.05, 0.1) is 0 Å². The van der Waals surface area contributed by atoms with Crippen LogP contribution >= 0.6 is 0 Å². The van der Waals surface area contributed by atoms with Gasteiger partial charge in [-0.25, -0.2) is 9.97 Å². The fourth-order valence-corrected chi connectivity index (χ4v) is 3.00. The van der Waals surface area contributed by atoms with Gasteiger partial charge in [-0.2, -0.15) is 0 Å². The summed E-state index contributed by atoms with van der Waals surface area (Å²) in [6, 6.07) is 19.7. The maximum atomic E-state index is 12.7. The van der Waals surface area contributed by atoms with Crippen LogP contribution in [0.1, 0.15) is 49.3 Å². The van der Waals surface area contributed by atoms with Crippen LogP contribution in [0.2, 0.25) is 0 Å². The number of hydrogen-bond acceptors (Lipinski definition) is 4. The average Bonchev–Trinajstić information content (AvgIpc) is 2.72. The molecule has 150 valence electrons. The van der Waals surface area contributed by atoms with Gasteiger partial charge in [0.25, 0.3) is 5.91 Å². The molecule has 2 aromatic carbocycles. The lowest BCUT2D eigenvalue weighted by molar-refractivity contribution is 0.102. The Morgan fingerprint density at radius 3 is 2.31 bits per heavy atom. The van der Waals surface area contributed by atoms with Crippen LogP contribution in [-0.4, -0.2) is 22.4 Å². The van der Waals surface area contributed by atoms with Crippen molar-refractivity contribution >= 4 is 17.5 Å². The molecular weight excluding hydrogens is 360 g/mol. The second-order valence-electron chi connectivity index (χ2n) is 8.02. The highest BCUT2D eigenvalue weighted by Gasteiger charge is 2.15. The number of hydrogen-bond donors (Lipinski definition) is 1. The summed E-state index contributed by atoms with van der Waals surface area (Å²) in [5.74, 6) is 0.306. The number of amides is 1. The zero-order valence-corrected chi connectivity index (χ0v) is 17.5. The molecule has 0 saturated carbocycles. The molecule has 3 rings (SSSR count). The van der Waals surface area contributed by atoms with Gasteiger partial charge < -0.3 is 10.2 Å². The van der Waals surface area contributed by atoms with Crippen LogP contribution in [-0.2, 0) is 12.0 Å². The molecule has 1 aromatic heterocycles. The summed E-state index contributed by atoms with van der Waals surface area (Å²) in [5, 5.41) is 2.92. The minimum Gasteiger partial charge on any atom is -0.337 e. The largest absolute Gasteiger partial charge is 0.337 e. The highest BCUT2D eigenvalue weighted by atomic mass is 16.1. The number of benzene rings is 2. The zero-order chi connectivity index (χ0) is 20.9.